The molecule has 0 aliphatic rings. The number of carbonyl (C=O) groups is 1. The van der Waals surface area contributed by atoms with Gasteiger partial charge >= 0.3 is 0 Å². The summed E-state index contributed by atoms with van der Waals surface area (Å²) >= 11 is 7.71. The number of halogens is 1. The van der Waals surface area contributed by atoms with Crippen LogP contribution in [0.2, 0.25) is 5.02 Å². The number of aliphatic hydroxyl groups excluding tert-OH is 1. The number of ether oxygens (including phenoxy) is 1. The smallest absolute Gasteiger partial charge is 0.254 e. The van der Waals surface area contributed by atoms with Gasteiger partial charge in [0.15, 0.2) is 0 Å². The molecule has 0 saturated heterocycles. The van der Waals surface area contributed by atoms with Gasteiger partial charge < -0.3 is 14.7 Å². The summed E-state index contributed by atoms with van der Waals surface area (Å²) in [6.45, 7) is 6.70. The van der Waals surface area contributed by atoms with Crippen molar-refractivity contribution in [3.05, 3.63) is 80.3 Å². The Morgan fingerprint density at radius 1 is 1.26 bits per heavy atom. The summed E-state index contributed by atoms with van der Waals surface area (Å²) in [4.78, 5) is 19.5. The number of thiazole rings is 1. The van der Waals surface area contributed by atoms with E-state index in [4.69, 9.17) is 16.3 Å². The lowest BCUT2D eigenvalue weighted by atomic mass is 10.1. The molecule has 0 aliphatic heterocycles. The maximum atomic E-state index is 13.3. The minimum absolute atomic E-state index is 0.0206. The largest absolute Gasteiger partial charge is 0.486 e. The van der Waals surface area contributed by atoms with Crippen molar-refractivity contribution in [1.82, 2.24) is 9.88 Å². The van der Waals surface area contributed by atoms with Gasteiger partial charge in [-0.05, 0) is 50.6 Å². The molecule has 1 heterocycles. The van der Waals surface area contributed by atoms with Crippen LogP contribution in [0.25, 0.3) is 0 Å². The molecular weight excluding hydrogens is 432 g/mol. The number of amides is 1. The summed E-state index contributed by atoms with van der Waals surface area (Å²) in [6, 6.07) is 13.1. The van der Waals surface area contributed by atoms with Crippen LogP contribution in [0, 0.1) is 6.92 Å². The third-order valence-electron chi connectivity index (χ3n) is 5.16. The summed E-state index contributed by atoms with van der Waals surface area (Å²) in [5.74, 6) is 0.642. The number of aliphatic hydroxyl groups is 1. The average Bonchev–Trinajstić information content (AvgIpc) is 3.24. The van der Waals surface area contributed by atoms with Crippen LogP contribution in [0.5, 0.6) is 5.75 Å². The predicted octanol–water partition coefficient (Wildman–Crippen LogP) is 5.62. The molecule has 0 unspecified atom stereocenters. The SMILES string of the molecule is CC[C@H](C)N(Cc1cc(Cl)ccc1OCc1nc(CO)cs1)C(=O)c1ccc(C)cc1. The molecule has 0 spiro atoms. The Kier molecular flexibility index (Phi) is 8.07. The van der Waals surface area contributed by atoms with Crippen LogP contribution in [0.15, 0.2) is 47.8 Å². The van der Waals surface area contributed by atoms with Gasteiger partial charge in [-0.25, -0.2) is 4.98 Å². The molecule has 0 saturated carbocycles. The lowest BCUT2D eigenvalue weighted by Crippen LogP contribution is -2.37. The standard InChI is InChI=1S/C24H27ClN2O3S/c1-4-17(3)27(24(29)18-7-5-16(2)6-8-18)12-19-11-20(25)9-10-22(19)30-14-23-26-21(13-28)15-31-23/h5-11,15,17,28H,4,12-14H2,1-3H3/t17-/m0/s1. The normalized spacial score (nSPS) is 11.9. The van der Waals surface area contributed by atoms with Crippen molar-refractivity contribution in [2.24, 2.45) is 0 Å². The lowest BCUT2D eigenvalue weighted by Gasteiger charge is -2.29. The maximum Gasteiger partial charge on any atom is 0.254 e. The Hall–Kier alpha value is -2.41. The monoisotopic (exact) mass is 458 g/mol. The molecule has 1 N–H and O–H groups in total. The predicted molar refractivity (Wildman–Crippen MR) is 125 cm³/mol. The molecule has 0 fully saturated rings. The average molecular weight is 459 g/mol. The Labute approximate surface area is 192 Å². The number of hydrogen-bond acceptors (Lipinski definition) is 5. The molecule has 0 radical (unpaired) electrons. The molecule has 5 nitrogen and oxygen atoms in total. The van der Waals surface area contributed by atoms with Crippen molar-refractivity contribution in [3.63, 3.8) is 0 Å². The minimum Gasteiger partial charge on any atom is -0.486 e. The summed E-state index contributed by atoms with van der Waals surface area (Å²) in [7, 11) is 0. The quantitative estimate of drug-likeness (QED) is 0.452. The van der Waals surface area contributed by atoms with Crippen molar-refractivity contribution in [2.75, 3.05) is 0 Å². The van der Waals surface area contributed by atoms with Gasteiger partial charge in [0.1, 0.15) is 17.4 Å². The van der Waals surface area contributed by atoms with E-state index in [1.807, 2.05) is 60.5 Å². The van der Waals surface area contributed by atoms with E-state index in [1.54, 1.807) is 6.07 Å². The zero-order valence-electron chi connectivity index (χ0n) is 18.0. The molecule has 2 aromatic carbocycles. The van der Waals surface area contributed by atoms with E-state index < -0.39 is 0 Å². The van der Waals surface area contributed by atoms with Gasteiger partial charge in [-0.1, -0.05) is 36.2 Å². The number of rotatable bonds is 9. The summed E-state index contributed by atoms with van der Waals surface area (Å²) < 4.78 is 6.02. The van der Waals surface area contributed by atoms with Crippen molar-refractivity contribution in [3.8, 4) is 5.75 Å². The van der Waals surface area contributed by atoms with Crippen LogP contribution in [-0.4, -0.2) is 26.9 Å². The summed E-state index contributed by atoms with van der Waals surface area (Å²) in [6.07, 6.45) is 0.831. The molecule has 0 bridgehead atoms. The van der Waals surface area contributed by atoms with Gasteiger partial charge in [-0.2, -0.15) is 0 Å². The topological polar surface area (TPSA) is 62.7 Å². The first kappa shape index (κ1) is 23.3. The van der Waals surface area contributed by atoms with E-state index >= 15 is 0 Å². The fourth-order valence-corrected chi connectivity index (χ4v) is 4.02. The second-order valence-electron chi connectivity index (χ2n) is 7.49. The lowest BCUT2D eigenvalue weighted by molar-refractivity contribution is 0.0669. The molecule has 0 aliphatic carbocycles. The van der Waals surface area contributed by atoms with Gasteiger partial charge in [-0.3, -0.25) is 4.79 Å². The molecular formula is C24H27ClN2O3S. The van der Waals surface area contributed by atoms with Crippen LogP contribution in [0.1, 0.15) is 52.5 Å². The highest BCUT2D eigenvalue weighted by atomic mass is 35.5. The van der Waals surface area contributed by atoms with E-state index in [9.17, 15) is 9.90 Å². The van der Waals surface area contributed by atoms with E-state index in [0.717, 1.165) is 22.6 Å². The number of benzene rings is 2. The van der Waals surface area contributed by atoms with E-state index in [-0.39, 0.29) is 25.2 Å². The van der Waals surface area contributed by atoms with Crippen molar-refractivity contribution < 1.29 is 14.6 Å². The highest BCUT2D eigenvalue weighted by Gasteiger charge is 2.22. The summed E-state index contributed by atoms with van der Waals surface area (Å²) in [5.41, 5.74) is 3.25. The second-order valence-corrected chi connectivity index (χ2v) is 8.87. The van der Waals surface area contributed by atoms with Crippen molar-refractivity contribution >= 4 is 28.8 Å². The summed E-state index contributed by atoms with van der Waals surface area (Å²) in [5, 5.41) is 12.4. The van der Waals surface area contributed by atoms with Crippen molar-refractivity contribution in [2.45, 2.75) is 53.0 Å². The maximum absolute atomic E-state index is 13.3. The van der Waals surface area contributed by atoms with Gasteiger partial charge in [0.25, 0.3) is 5.91 Å². The molecule has 1 aromatic heterocycles. The number of carbonyl (C=O) groups excluding carboxylic acids is 1. The van der Waals surface area contributed by atoms with Gasteiger partial charge in [0.2, 0.25) is 0 Å². The van der Waals surface area contributed by atoms with Crippen LogP contribution in [0.3, 0.4) is 0 Å². The van der Waals surface area contributed by atoms with E-state index in [1.165, 1.54) is 11.3 Å². The fourth-order valence-electron chi connectivity index (χ4n) is 3.13. The van der Waals surface area contributed by atoms with Gasteiger partial charge in [-0.15, -0.1) is 11.3 Å². The zero-order chi connectivity index (χ0) is 22.4. The fraction of sp³-hybridized carbons (Fsp3) is 0.333. The Morgan fingerprint density at radius 2 is 2.00 bits per heavy atom. The first-order valence-corrected chi connectivity index (χ1v) is 11.5. The molecule has 164 valence electrons. The van der Waals surface area contributed by atoms with E-state index in [2.05, 4.69) is 11.9 Å². The van der Waals surface area contributed by atoms with Gasteiger partial charge in [0.05, 0.1) is 12.3 Å². The van der Waals surface area contributed by atoms with Crippen LogP contribution < -0.4 is 4.74 Å². The number of aryl methyl sites for hydroxylation is 1. The highest BCUT2D eigenvalue weighted by Crippen LogP contribution is 2.27. The molecule has 1 atom stereocenters. The Bertz CT molecular complexity index is 1020. The Morgan fingerprint density at radius 3 is 2.65 bits per heavy atom. The number of hydrogen-bond donors (Lipinski definition) is 1. The van der Waals surface area contributed by atoms with Crippen LogP contribution in [-0.2, 0) is 19.8 Å². The second kappa shape index (κ2) is 10.8. The first-order valence-electron chi connectivity index (χ1n) is 10.2. The van der Waals surface area contributed by atoms with Crippen molar-refractivity contribution in [1.29, 1.82) is 0 Å². The molecule has 3 aromatic rings. The third-order valence-corrected chi connectivity index (χ3v) is 6.26. The first-order chi connectivity index (χ1) is 14.9. The van der Waals surface area contributed by atoms with Crippen LogP contribution in [0.4, 0.5) is 0 Å². The molecule has 31 heavy (non-hydrogen) atoms. The molecule has 7 heteroatoms. The third kappa shape index (κ3) is 6.06. The van der Waals surface area contributed by atoms with E-state index in [0.29, 0.717) is 28.6 Å². The highest BCUT2D eigenvalue weighted by molar-refractivity contribution is 7.09. The number of aromatic nitrogens is 1. The number of nitrogens with zero attached hydrogens (tertiary/aromatic N) is 2. The van der Waals surface area contributed by atoms with Crippen LogP contribution >= 0.6 is 22.9 Å². The Balaban J connectivity index is 1.83. The molecule has 3 rings (SSSR count). The zero-order valence-corrected chi connectivity index (χ0v) is 19.5. The minimum atomic E-state index is -0.0896. The van der Waals surface area contributed by atoms with Gasteiger partial charge in [0, 0.05) is 34.1 Å². The molecule has 1 amide bonds.